The largest absolute Gasteiger partial charge is 0.494 e. The molecule has 178 valence electrons. The van der Waals surface area contributed by atoms with Gasteiger partial charge in [0.2, 0.25) is 18.0 Å². The number of carbonyl (C=O) groups is 2. The van der Waals surface area contributed by atoms with Crippen molar-refractivity contribution in [3.05, 3.63) is 48.4 Å². The summed E-state index contributed by atoms with van der Waals surface area (Å²) in [5.41, 5.74) is 2.85. The fourth-order valence-corrected chi connectivity index (χ4v) is 4.83. The van der Waals surface area contributed by atoms with Crippen molar-refractivity contribution in [2.75, 3.05) is 20.2 Å². The third kappa shape index (κ3) is 4.33. The van der Waals surface area contributed by atoms with E-state index >= 15 is 0 Å². The number of likely N-dealkylation sites (tertiary alicyclic amines) is 1. The predicted molar refractivity (Wildman–Crippen MR) is 129 cm³/mol. The number of fused-ring (bicyclic) bond motifs is 1. The van der Waals surface area contributed by atoms with Gasteiger partial charge in [0.05, 0.1) is 24.8 Å². The Bertz CT molecular complexity index is 1340. The number of hydrazone groups is 1. The zero-order valence-electron chi connectivity index (χ0n) is 19.4. The van der Waals surface area contributed by atoms with E-state index in [0.717, 1.165) is 24.1 Å². The highest BCUT2D eigenvalue weighted by Crippen LogP contribution is 2.31. The number of methoxy groups -OCH3 is 1. The SMILES string of the molecule is C=CC(=O)NC1CC(C(=O)N2CCC(/C=[N+]3/C=C(c4cc(OC)c5c(C#N)cnn5c4)C=N3)C2)C1. The van der Waals surface area contributed by atoms with E-state index in [2.05, 4.69) is 28.2 Å². The summed E-state index contributed by atoms with van der Waals surface area (Å²) in [4.78, 5) is 26.1. The van der Waals surface area contributed by atoms with E-state index in [1.54, 1.807) is 22.5 Å². The second kappa shape index (κ2) is 9.18. The van der Waals surface area contributed by atoms with Crippen molar-refractivity contribution in [1.29, 1.82) is 5.26 Å². The molecule has 2 aromatic heterocycles. The van der Waals surface area contributed by atoms with E-state index < -0.39 is 0 Å². The molecule has 10 heteroatoms. The van der Waals surface area contributed by atoms with Crippen molar-refractivity contribution < 1.29 is 19.0 Å². The Balaban J connectivity index is 1.23. The first kappa shape index (κ1) is 22.5. The molecule has 1 aliphatic carbocycles. The van der Waals surface area contributed by atoms with Gasteiger partial charge in [0.25, 0.3) is 0 Å². The number of pyridine rings is 1. The van der Waals surface area contributed by atoms with Crippen LogP contribution < -0.4 is 10.1 Å². The van der Waals surface area contributed by atoms with Crippen LogP contribution in [0.25, 0.3) is 11.1 Å². The summed E-state index contributed by atoms with van der Waals surface area (Å²) >= 11 is 0. The molecule has 10 nitrogen and oxygen atoms in total. The maximum absolute atomic E-state index is 12.8. The molecule has 0 bridgehead atoms. The molecule has 1 N–H and O–H groups in total. The van der Waals surface area contributed by atoms with Gasteiger partial charge in [-0.15, -0.1) is 0 Å². The van der Waals surface area contributed by atoms with E-state index in [4.69, 9.17) is 4.74 Å². The fourth-order valence-electron chi connectivity index (χ4n) is 4.83. The summed E-state index contributed by atoms with van der Waals surface area (Å²) in [6.07, 6.45) is 12.6. The molecule has 4 heterocycles. The molecule has 3 aliphatic rings. The minimum atomic E-state index is -0.190. The smallest absolute Gasteiger partial charge is 0.243 e. The normalized spacial score (nSPS) is 24.2. The Morgan fingerprint density at radius 1 is 1.40 bits per heavy atom. The van der Waals surface area contributed by atoms with Crippen LogP contribution in [-0.2, 0) is 9.59 Å². The van der Waals surface area contributed by atoms with Gasteiger partial charge < -0.3 is 15.0 Å². The lowest BCUT2D eigenvalue weighted by atomic mass is 9.79. The van der Waals surface area contributed by atoms with Crippen LogP contribution in [0.3, 0.4) is 0 Å². The topological polar surface area (TPSA) is 115 Å². The third-order valence-electron chi connectivity index (χ3n) is 6.77. The van der Waals surface area contributed by atoms with Crippen molar-refractivity contribution in [3.8, 4) is 11.8 Å². The molecule has 2 aliphatic heterocycles. The lowest BCUT2D eigenvalue weighted by molar-refractivity contribution is -0.454. The highest BCUT2D eigenvalue weighted by molar-refractivity contribution is 6.10. The van der Waals surface area contributed by atoms with E-state index in [0.29, 0.717) is 36.2 Å². The molecule has 1 saturated heterocycles. The lowest BCUT2D eigenvalue weighted by Crippen LogP contribution is -2.49. The molecular weight excluding hydrogens is 446 g/mol. The van der Waals surface area contributed by atoms with Crippen LogP contribution in [0, 0.1) is 23.2 Å². The summed E-state index contributed by atoms with van der Waals surface area (Å²) in [5, 5.41) is 20.9. The number of hydrogen-bond donors (Lipinski definition) is 1. The van der Waals surface area contributed by atoms with Crippen molar-refractivity contribution in [3.63, 3.8) is 0 Å². The van der Waals surface area contributed by atoms with Crippen LogP contribution in [0.1, 0.15) is 30.4 Å². The molecule has 0 aromatic carbocycles. The Kier molecular flexibility index (Phi) is 5.91. The highest BCUT2D eigenvalue weighted by atomic mass is 16.5. The molecule has 1 saturated carbocycles. The van der Waals surface area contributed by atoms with Crippen LogP contribution in [-0.4, -0.2) is 69.7 Å². The number of hydrogen-bond acceptors (Lipinski definition) is 6. The van der Waals surface area contributed by atoms with Gasteiger partial charge in [-0.2, -0.15) is 10.4 Å². The zero-order valence-corrected chi connectivity index (χ0v) is 19.4. The Morgan fingerprint density at radius 3 is 2.97 bits per heavy atom. The minimum Gasteiger partial charge on any atom is -0.494 e. The summed E-state index contributed by atoms with van der Waals surface area (Å²) < 4.78 is 8.93. The van der Waals surface area contributed by atoms with Crippen LogP contribution in [0.2, 0.25) is 0 Å². The summed E-state index contributed by atoms with van der Waals surface area (Å²) in [6.45, 7) is 4.85. The number of rotatable bonds is 6. The average Bonchev–Trinajstić information content (AvgIpc) is 3.59. The van der Waals surface area contributed by atoms with Gasteiger partial charge >= 0.3 is 0 Å². The maximum atomic E-state index is 12.8. The second-order valence-electron chi connectivity index (χ2n) is 9.03. The van der Waals surface area contributed by atoms with Gasteiger partial charge in [0.1, 0.15) is 29.1 Å². The van der Waals surface area contributed by atoms with Crippen LogP contribution in [0.4, 0.5) is 0 Å². The molecule has 1 atom stereocenters. The Labute approximate surface area is 202 Å². The first-order valence-corrected chi connectivity index (χ1v) is 11.6. The molecule has 2 aromatic rings. The summed E-state index contributed by atoms with van der Waals surface area (Å²) in [5.74, 6) is 0.742. The van der Waals surface area contributed by atoms with Crippen LogP contribution in [0.15, 0.2) is 42.4 Å². The molecule has 1 unspecified atom stereocenters. The molecule has 35 heavy (non-hydrogen) atoms. The van der Waals surface area contributed by atoms with E-state index in [9.17, 15) is 14.9 Å². The molecule has 2 amide bonds. The first-order chi connectivity index (χ1) is 17.0. The molecule has 0 spiro atoms. The Morgan fingerprint density at radius 2 is 2.23 bits per heavy atom. The number of amides is 2. The average molecular weight is 473 g/mol. The quantitative estimate of drug-likeness (QED) is 0.506. The van der Waals surface area contributed by atoms with Gasteiger partial charge in [0, 0.05) is 36.8 Å². The van der Waals surface area contributed by atoms with Crippen molar-refractivity contribution in [2.24, 2.45) is 16.9 Å². The second-order valence-corrected chi connectivity index (χ2v) is 9.03. The highest BCUT2D eigenvalue weighted by Gasteiger charge is 2.39. The van der Waals surface area contributed by atoms with Crippen molar-refractivity contribution in [1.82, 2.24) is 19.8 Å². The predicted octanol–water partition coefficient (Wildman–Crippen LogP) is 1.57. The zero-order chi connectivity index (χ0) is 24.5. The van der Waals surface area contributed by atoms with E-state index in [1.165, 1.54) is 12.3 Å². The van der Waals surface area contributed by atoms with Gasteiger partial charge in [-0.25, -0.2) is 4.52 Å². The first-order valence-electron chi connectivity index (χ1n) is 11.6. The third-order valence-corrected chi connectivity index (χ3v) is 6.77. The molecule has 2 fully saturated rings. The number of carbonyl (C=O) groups excluding carboxylic acids is 2. The number of nitriles is 1. The van der Waals surface area contributed by atoms with Crippen LogP contribution in [0.5, 0.6) is 5.75 Å². The van der Waals surface area contributed by atoms with Crippen molar-refractivity contribution >= 4 is 35.3 Å². The number of ether oxygens (including phenoxy) is 1. The van der Waals surface area contributed by atoms with Crippen molar-refractivity contribution in [2.45, 2.75) is 25.3 Å². The van der Waals surface area contributed by atoms with E-state index in [-0.39, 0.29) is 29.7 Å². The summed E-state index contributed by atoms with van der Waals surface area (Å²) in [7, 11) is 1.57. The fraction of sp³-hybridized carbons (Fsp3) is 0.360. The minimum absolute atomic E-state index is 0.0195. The monoisotopic (exact) mass is 472 g/mol. The lowest BCUT2D eigenvalue weighted by Gasteiger charge is -2.36. The number of nitrogens with one attached hydrogen (secondary N) is 1. The standard InChI is InChI=1S/C25H25N7O3/c1-3-23(33)29-21-6-17(7-21)25(34)30-5-4-16(12-30)13-31-14-20(11-27-31)18-8-22(35-2)24-19(9-26)10-28-32(24)15-18/h3,8,10-11,13-17,21H,1,4-7,12H2,2H3/p+1/b31-13-. The number of aromatic nitrogens is 2. The molecular formula is C25H26N7O3+. The van der Waals surface area contributed by atoms with Gasteiger partial charge in [-0.3, -0.25) is 9.59 Å². The number of allylic oxidation sites excluding steroid dienone is 1. The van der Waals surface area contributed by atoms with Gasteiger partial charge in [-0.05, 0) is 36.5 Å². The van der Waals surface area contributed by atoms with E-state index in [1.807, 2.05) is 29.6 Å². The maximum Gasteiger partial charge on any atom is 0.243 e. The van der Waals surface area contributed by atoms with Crippen LogP contribution >= 0.6 is 0 Å². The van der Waals surface area contributed by atoms with Gasteiger partial charge in [0.15, 0.2) is 6.21 Å². The summed E-state index contributed by atoms with van der Waals surface area (Å²) in [6, 6.07) is 4.07. The van der Waals surface area contributed by atoms with Gasteiger partial charge in [-0.1, -0.05) is 11.3 Å². The Hall–Kier alpha value is -4.26. The molecule has 5 rings (SSSR count). The number of nitrogens with zero attached hydrogens (tertiary/aromatic N) is 6. The molecule has 0 radical (unpaired) electrons.